The molecule has 0 radical (unpaired) electrons. The Labute approximate surface area is 315 Å². The first-order chi connectivity index (χ1) is 24.8. The SMILES string of the molecule is C[C@H]1CC[C@]2(C)C3CC[C@]4(C)[C@@H](C5=CCC=N5)CC[C@]4(O)C3CC[C@@H]2C1.C[C@]12CC[C@H](O)C[C@H]1CCC1C2CC[C@]2(C)[C@@H](C3=CCC=N3)CC[C@]12O. The maximum atomic E-state index is 12.2. The quantitative estimate of drug-likeness (QED) is 0.266. The zero-order valence-electron chi connectivity index (χ0n) is 33.5. The van der Waals surface area contributed by atoms with Crippen molar-refractivity contribution in [3.05, 3.63) is 23.5 Å². The van der Waals surface area contributed by atoms with Crippen LogP contribution in [0.2, 0.25) is 0 Å². The number of aliphatic hydroxyl groups is 3. The third-order valence-electron chi connectivity index (χ3n) is 20.0. The minimum atomic E-state index is -0.524. The summed E-state index contributed by atoms with van der Waals surface area (Å²) in [6.45, 7) is 12.3. The van der Waals surface area contributed by atoms with E-state index in [9.17, 15) is 15.3 Å². The second-order valence-electron chi connectivity index (χ2n) is 21.6. The lowest BCUT2D eigenvalue weighted by Crippen LogP contribution is -2.62. The molecular formula is C47H72N2O3. The number of aliphatic imine (C=N–C) groups is 2. The Hall–Kier alpha value is -1.30. The number of hydrogen-bond acceptors (Lipinski definition) is 5. The molecule has 52 heavy (non-hydrogen) atoms. The second kappa shape index (κ2) is 12.6. The first-order valence-corrected chi connectivity index (χ1v) is 22.3. The van der Waals surface area contributed by atoms with Crippen LogP contribution >= 0.6 is 0 Å². The molecule has 5 nitrogen and oxygen atoms in total. The molecule has 0 bridgehead atoms. The number of aliphatic hydroxyl groups excluding tert-OH is 1. The molecule has 3 N–H and O–H groups in total. The summed E-state index contributed by atoms with van der Waals surface area (Å²) in [6, 6.07) is 0. The van der Waals surface area contributed by atoms with Crippen molar-refractivity contribution in [2.45, 2.75) is 180 Å². The van der Waals surface area contributed by atoms with Gasteiger partial charge in [-0.3, -0.25) is 9.98 Å². The lowest BCUT2D eigenvalue weighted by molar-refractivity contribution is -0.208. The third kappa shape index (κ3) is 5.01. The highest BCUT2D eigenvalue weighted by Crippen LogP contribution is 2.72. The molecule has 4 unspecified atom stereocenters. The van der Waals surface area contributed by atoms with Crippen molar-refractivity contribution in [3.8, 4) is 0 Å². The van der Waals surface area contributed by atoms with Crippen molar-refractivity contribution in [1.82, 2.24) is 0 Å². The molecule has 0 aromatic carbocycles. The highest BCUT2D eigenvalue weighted by Gasteiger charge is 2.69. The van der Waals surface area contributed by atoms with E-state index in [0.29, 0.717) is 46.3 Å². The van der Waals surface area contributed by atoms with Gasteiger partial charge in [-0.1, -0.05) is 53.2 Å². The third-order valence-corrected chi connectivity index (χ3v) is 20.0. The number of nitrogens with zero attached hydrogens (tertiary/aromatic N) is 2. The van der Waals surface area contributed by atoms with Gasteiger partial charge in [0.1, 0.15) is 0 Å². The predicted molar refractivity (Wildman–Crippen MR) is 211 cm³/mol. The zero-order valence-corrected chi connectivity index (χ0v) is 33.5. The summed E-state index contributed by atoms with van der Waals surface area (Å²) < 4.78 is 0. The molecule has 8 fully saturated rings. The van der Waals surface area contributed by atoms with Crippen LogP contribution in [0.4, 0.5) is 0 Å². The number of allylic oxidation sites excluding steroid dienone is 4. The molecular weight excluding hydrogens is 641 g/mol. The molecule has 5 heteroatoms. The van der Waals surface area contributed by atoms with Gasteiger partial charge in [-0.2, -0.15) is 0 Å². The van der Waals surface area contributed by atoms with E-state index in [1.165, 1.54) is 69.2 Å². The van der Waals surface area contributed by atoms with Crippen molar-refractivity contribution >= 4 is 12.4 Å². The molecule has 0 spiro atoms. The standard InChI is InChI=1S/C24H37NO.C23H35NO2/c1-16-8-11-22(2)17(15-16)6-7-19-18(22)9-12-23(3)20(10-13-24(19,23)26)21-5-4-14-25-21;1-21-10-7-16(25)14-15(21)5-6-18-17(21)8-11-22(2)19(9-12-23(18,22)26)20-4-3-13-24-20/h5,14,16-20,26H,4,6-13,15H2,1-3H3;4,13,15-19,25-26H,3,5-12,14H2,1-2H3/t16-,17+,18?,19?,20+,22-,23+,24-;15-,16+,17?,18?,19-,21+,22-,23+/m01/s1. The van der Waals surface area contributed by atoms with Gasteiger partial charge in [-0.25, -0.2) is 0 Å². The number of fused-ring (bicyclic) bond motifs is 10. The first-order valence-electron chi connectivity index (χ1n) is 22.3. The van der Waals surface area contributed by atoms with Crippen molar-refractivity contribution in [2.75, 3.05) is 0 Å². The maximum absolute atomic E-state index is 12.2. The molecule has 10 aliphatic rings. The summed E-state index contributed by atoms with van der Waals surface area (Å²) in [5.41, 5.74) is 2.37. The van der Waals surface area contributed by atoms with Gasteiger partial charge in [0.2, 0.25) is 0 Å². The van der Waals surface area contributed by atoms with Crippen molar-refractivity contribution in [1.29, 1.82) is 0 Å². The van der Waals surface area contributed by atoms with Crippen LogP contribution in [0.1, 0.15) is 163 Å². The van der Waals surface area contributed by atoms with Crippen molar-refractivity contribution in [3.63, 3.8) is 0 Å². The first kappa shape index (κ1) is 36.3. The Morgan fingerprint density at radius 1 is 0.538 bits per heavy atom. The monoisotopic (exact) mass is 713 g/mol. The van der Waals surface area contributed by atoms with Gasteiger partial charge in [-0.15, -0.1) is 0 Å². The van der Waals surface area contributed by atoms with E-state index in [2.05, 4.69) is 58.0 Å². The Kier molecular flexibility index (Phi) is 8.81. The molecule has 0 amide bonds. The fourth-order valence-electron chi connectivity index (χ4n) is 16.8. The van der Waals surface area contributed by atoms with Gasteiger partial charge in [0.25, 0.3) is 0 Å². The summed E-state index contributed by atoms with van der Waals surface area (Å²) in [6.07, 6.45) is 31.9. The fraction of sp³-hybridized carbons (Fsp3) is 0.872. The van der Waals surface area contributed by atoms with Crippen LogP contribution in [0.25, 0.3) is 0 Å². The van der Waals surface area contributed by atoms with E-state index < -0.39 is 11.2 Å². The molecule has 288 valence electrons. The molecule has 2 aliphatic heterocycles. The highest BCUT2D eigenvalue weighted by molar-refractivity contribution is 5.65. The van der Waals surface area contributed by atoms with E-state index in [4.69, 9.17) is 4.99 Å². The number of hydrogen-bond donors (Lipinski definition) is 3. The van der Waals surface area contributed by atoms with Gasteiger partial charge < -0.3 is 15.3 Å². The van der Waals surface area contributed by atoms with Gasteiger partial charge in [-0.05, 0) is 161 Å². The fourth-order valence-corrected chi connectivity index (χ4v) is 16.8. The Bertz CT molecular complexity index is 1420. The topological polar surface area (TPSA) is 85.4 Å². The van der Waals surface area contributed by atoms with E-state index in [-0.39, 0.29) is 16.9 Å². The summed E-state index contributed by atoms with van der Waals surface area (Å²) in [4.78, 5) is 9.38. The molecule has 0 aromatic rings. The summed E-state index contributed by atoms with van der Waals surface area (Å²) in [5.74, 6) is 5.71. The Morgan fingerprint density at radius 2 is 1.02 bits per heavy atom. The second-order valence-corrected chi connectivity index (χ2v) is 21.6. The van der Waals surface area contributed by atoms with Crippen LogP contribution in [-0.4, -0.2) is 45.1 Å². The van der Waals surface area contributed by atoms with Crippen molar-refractivity contribution < 1.29 is 15.3 Å². The van der Waals surface area contributed by atoms with E-state index in [0.717, 1.165) is 88.4 Å². The van der Waals surface area contributed by atoms with Crippen LogP contribution in [0.15, 0.2) is 33.5 Å². The van der Waals surface area contributed by atoms with Gasteiger partial charge >= 0.3 is 0 Å². The summed E-state index contributed by atoms with van der Waals surface area (Å²) >= 11 is 0. The zero-order chi connectivity index (χ0) is 36.3. The largest absolute Gasteiger partial charge is 0.393 e. The molecule has 2 heterocycles. The van der Waals surface area contributed by atoms with Crippen LogP contribution in [-0.2, 0) is 0 Å². The normalized spacial score (nSPS) is 55.8. The Balaban J connectivity index is 0.000000138. The van der Waals surface area contributed by atoms with Crippen LogP contribution in [0, 0.1) is 74.9 Å². The average Bonchev–Trinajstić information content (AvgIpc) is 3.93. The lowest BCUT2D eigenvalue weighted by Gasteiger charge is -2.63. The molecule has 10 rings (SSSR count). The molecule has 8 saturated carbocycles. The van der Waals surface area contributed by atoms with E-state index in [1.807, 2.05) is 6.21 Å². The lowest BCUT2D eigenvalue weighted by atomic mass is 9.43. The van der Waals surface area contributed by atoms with Crippen LogP contribution in [0.3, 0.4) is 0 Å². The highest BCUT2D eigenvalue weighted by atomic mass is 16.3. The minimum Gasteiger partial charge on any atom is -0.393 e. The summed E-state index contributed by atoms with van der Waals surface area (Å²) in [5, 5.41) is 34.5. The molecule has 8 aliphatic carbocycles. The van der Waals surface area contributed by atoms with Crippen molar-refractivity contribution in [2.24, 2.45) is 84.9 Å². The van der Waals surface area contributed by atoms with E-state index in [1.54, 1.807) is 0 Å². The molecule has 0 saturated heterocycles. The maximum Gasteiger partial charge on any atom is 0.0738 e. The summed E-state index contributed by atoms with van der Waals surface area (Å²) in [7, 11) is 0. The van der Waals surface area contributed by atoms with Crippen LogP contribution in [0.5, 0.6) is 0 Å². The number of rotatable bonds is 2. The Morgan fingerprint density at radius 3 is 1.50 bits per heavy atom. The van der Waals surface area contributed by atoms with Gasteiger partial charge in [0.15, 0.2) is 0 Å². The molecule has 0 aromatic heterocycles. The minimum absolute atomic E-state index is 0.0148. The smallest absolute Gasteiger partial charge is 0.0738 e. The molecule has 16 atom stereocenters. The average molecular weight is 713 g/mol. The van der Waals surface area contributed by atoms with Gasteiger partial charge in [0, 0.05) is 59.3 Å². The van der Waals surface area contributed by atoms with Gasteiger partial charge in [0.05, 0.1) is 17.3 Å². The predicted octanol–water partition coefficient (Wildman–Crippen LogP) is 10.2. The van der Waals surface area contributed by atoms with E-state index >= 15 is 0 Å². The van der Waals surface area contributed by atoms with Crippen LogP contribution < -0.4 is 0 Å².